The van der Waals surface area contributed by atoms with Crippen molar-refractivity contribution in [3.05, 3.63) is 22.4 Å². The number of nitrogens with one attached hydrogen (secondary N) is 1. The Labute approximate surface area is 148 Å². The first-order valence-electron chi connectivity index (χ1n) is 7.42. The Hall–Kier alpha value is -1.08. The number of rotatable bonds is 7. The average Bonchev–Trinajstić information content (AvgIpc) is 2.48. The minimum atomic E-state index is -0.528. The van der Waals surface area contributed by atoms with Crippen molar-refractivity contribution >= 4 is 45.3 Å². The third kappa shape index (κ3) is 5.80. The Bertz CT molecular complexity index is 581. The van der Waals surface area contributed by atoms with E-state index >= 15 is 0 Å². The molecule has 1 N–H and O–H groups in total. The maximum absolute atomic E-state index is 14.0. The lowest BCUT2D eigenvalue weighted by Gasteiger charge is -2.20. The van der Waals surface area contributed by atoms with Gasteiger partial charge in [-0.15, -0.1) is 11.8 Å². The molecule has 1 unspecified atom stereocenters. The Morgan fingerprint density at radius 1 is 1.35 bits per heavy atom. The number of hydrogen-bond donors (Lipinski definition) is 1. The Morgan fingerprint density at radius 3 is 2.52 bits per heavy atom. The van der Waals surface area contributed by atoms with Crippen LogP contribution < -0.4 is 5.32 Å². The van der Waals surface area contributed by atoms with Crippen LogP contribution >= 0.6 is 27.7 Å². The molecule has 1 aromatic rings. The fraction of sp³-hybridized carbons (Fsp3) is 0.500. The first-order chi connectivity index (χ1) is 10.8. The summed E-state index contributed by atoms with van der Waals surface area (Å²) < 4.78 is 19.6. The predicted octanol–water partition coefficient (Wildman–Crippen LogP) is 4.62. The zero-order chi connectivity index (χ0) is 17.6. The number of halogens is 2. The summed E-state index contributed by atoms with van der Waals surface area (Å²) in [6, 6.07) is 2.82. The van der Waals surface area contributed by atoms with Crippen molar-refractivity contribution in [1.29, 1.82) is 0 Å². The van der Waals surface area contributed by atoms with Crippen LogP contribution in [0.25, 0.3) is 0 Å². The van der Waals surface area contributed by atoms with Gasteiger partial charge in [0.15, 0.2) is 0 Å². The summed E-state index contributed by atoms with van der Waals surface area (Å²) in [6.45, 7) is 7.60. The molecule has 128 valence electrons. The van der Waals surface area contributed by atoms with Crippen molar-refractivity contribution in [2.24, 2.45) is 5.92 Å². The molecular formula is C16H21BrFNO3S. The zero-order valence-corrected chi connectivity index (χ0v) is 16.0. The number of thioether (sulfide) groups is 1. The standard InChI is InChI=1S/C16H21BrFNO3S/c1-5-14(20)19-12-8-13(10(17)7-11(12)18)23-15(9(3)4)16(21)22-6-2/h7-9,15H,5-6H2,1-4H3,(H,19,20). The highest BCUT2D eigenvalue weighted by molar-refractivity contribution is 9.10. The van der Waals surface area contributed by atoms with Crippen LogP contribution in [-0.2, 0) is 14.3 Å². The number of esters is 1. The second kappa shape index (κ2) is 9.27. The number of amides is 1. The van der Waals surface area contributed by atoms with Crippen molar-refractivity contribution in [2.75, 3.05) is 11.9 Å². The van der Waals surface area contributed by atoms with Gasteiger partial charge in [0.05, 0.1) is 12.3 Å². The molecule has 1 rings (SSSR count). The van der Waals surface area contributed by atoms with E-state index in [4.69, 9.17) is 4.74 Å². The lowest BCUT2D eigenvalue weighted by molar-refractivity contribution is -0.143. The van der Waals surface area contributed by atoms with Crippen LogP contribution in [0.1, 0.15) is 34.1 Å². The van der Waals surface area contributed by atoms with Crippen LogP contribution in [0, 0.1) is 11.7 Å². The number of anilines is 1. The molecule has 7 heteroatoms. The molecule has 4 nitrogen and oxygen atoms in total. The van der Waals surface area contributed by atoms with Gasteiger partial charge in [-0.3, -0.25) is 9.59 Å². The highest BCUT2D eigenvalue weighted by Crippen LogP contribution is 2.37. The smallest absolute Gasteiger partial charge is 0.319 e. The number of carbonyl (C=O) groups is 2. The quantitative estimate of drug-likeness (QED) is 0.531. The second-order valence-corrected chi connectivity index (χ2v) is 7.24. The molecule has 0 bridgehead atoms. The van der Waals surface area contributed by atoms with E-state index in [1.165, 1.54) is 23.9 Å². The molecule has 0 aromatic heterocycles. The van der Waals surface area contributed by atoms with Gasteiger partial charge in [0.25, 0.3) is 0 Å². The van der Waals surface area contributed by atoms with Gasteiger partial charge >= 0.3 is 5.97 Å². The van der Waals surface area contributed by atoms with Crippen molar-refractivity contribution in [3.63, 3.8) is 0 Å². The van der Waals surface area contributed by atoms with Gasteiger partial charge in [0.1, 0.15) is 11.1 Å². The second-order valence-electron chi connectivity index (χ2n) is 5.20. The molecule has 0 aliphatic carbocycles. The van der Waals surface area contributed by atoms with E-state index in [9.17, 15) is 14.0 Å². The number of carbonyl (C=O) groups excluding carboxylic acids is 2. The molecule has 0 aliphatic heterocycles. The van der Waals surface area contributed by atoms with Gasteiger partial charge < -0.3 is 10.1 Å². The topological polar surface area (TPSA) is 55.4 Å². The van der Waals surface area contributed by atoms with E-state index in [1.54, 1.807) is 13.8 Å². The first kappa shape index (κ1) is 20.0. The third-order valence-corrected chi connectivity index (χ3v) is 5.50. The summed E-state index contributed by atoms with van der Waals surface area (Å²) in [6.07, 6.45) is 0.259. The van der Waals surface area contributed by atoms with Crippen LogP contribution in [0.2, 0.25) is 0 Å². The van der Waals surface area contributed by atoms with E-state index in [1.807, 2.05) is 13.8 Å². The summed E-state index contributed by atoms with van der Waals surface area (Å²) in [5, 5.41) is 2.11. The summed E-state index contributed by atoms with van der Waals surface area (Å²) in [4.78, 5) is 24.2. The Balaban J connectivity index is 3.08. The number of benzene rings is 1. The maximum Gasteiger partial charge on any atom is 0.319 e. The maximum atomic E-state index is 14.0. The average molecular weight is 406 g/mol. The third-order valence-electron chi connectivity index (χ3n) is 3.00. The summed E-state index contributed by atoms with van der Waals surface area (Å²) in [5.41, 5.74) is 0.105. The molecule has 0 saturated carbocycles. The van der Waals surface area contributed by atoms with Crippen molar-refractivity contribution in [3.8, 4) is 0 Å². The fourth-order valence-corrected chi connectivity index (χ4v) is 3.43. The van der Waals surface area contributed by atoms with Gasteiger partial charge in [0.2, 0.25) is 5.91 Å². The molecule has 0 radical (unpaired) electrons. The van der Waals surface area contributed by atoms with Crippen LogP contribution in [0.15, 0.2) is 21.5 Å². The highest BCUT2D eigenvalue weighted by atomic mass is 79.9. The van der Waals surface area contributed by atoms with Gasteiger partial charge in [-0.2, -0.15) is 0 Å². The van der Waals surface area contributed by atoms with E-state index in [-0.39, 0.29) is 29.9 Å². The van der Waals surface area contributed by atoms with E-state index in [2.05, 4.69) is 21.2 Å². The summed E-state index contributed by atoms with van der Waals surface area (Å²) >= 11 is 4.59. The molecule has 0 fully saturated rings. The van der Waals surface area contributed by atoms with Crippen LogP contribution in [0.4, 0.5) is 10.1 Å². The van der Waals surface area contributed by atoms with Crippen LogP contribution in [0.3, 0.4) is 0 Å². The fourth-order valence-electron chi connectivity index (χ4n) is 1.77. The number of ether oxygens (including phenoxy) is 1. The van der Waals surface area contributed by atoms with E-state index in [0.717, 1.165) is 0 Å². The monoisotopic (exact) mass is 405 g/mol. The lowest BCUT2D eigenvalue weighted by atomic mass is 10.1. The molecule has 1 atom stereocenters. The normalized spacial score (nSPS) is 12.1. The predicted molar refractivity (Wildman–Crippen MR) is 94.1 cm³/mol. The molecule has 1 aromatic carbocycles. The molecule has 23 heavy (non-hydrogen) atoms. The lowest BCUT2D eigenvalue weighted by Crippen LogP contribution is -2.25. The Kier molecular flexibility index (Phi) is 8.05. The molecule has 1 amide bonds. The van der Waals surface area contributed by atoms with Crippen molar-refractivity contribution in [1.82, 2.24) is 0 Å². The van der Waals surface area contributed by atoms with Gasteiger partial charge in [-0.1, -0.05) is 20.8 Å². The largest absolute Gasteiger partial charge is 0.465 e. The van der Waals surface area contributed by atoms with Gasteiger partial charge in [-0.25, -0.2) is 4.39 Å². The van der Waals surface area contributed by atoms with Crippen molar-refractivity contribution in [2.45, 2.75) is 44.3 Å². The molecule has 0 heterocycles. The van der Waals surface area contributed by atoms with Crippen LogP contribution in [-0.4, -0.2) is 23.7 Å². The first-order valence-corrected chi connectivity index (χ1v) is 9.09. The van der Waals surface area contributed by atoms with E-state index in [0.29, 0.717) is 16.0 Å². The molecule has 0 aliphatic rings. The van der Waals surface area contributed by atoms with Gasteiger partial charge in [0, 0.05) is 15.8 Å². The minimum Gasteiger partial charge on any atom is -0.465 e. The SMILES string of the molecule is CCOC(=O)C(Sc1cc(NC(=O)CC)c(F)cc1Br)C(C)C. The summed E-state index contributed by atoms with van der Waals surface area (Å²) in [7, 11) is 0. The number of hydrogen-bond acceptors (Lipinski definition) is 4. The summed E-state index contributed by atoms with van der Waals surface area (Å²) in [5.74, 6) is -1.05. The Morgan fingerprint density at radius 2 is 2.00 bits per heavy atom. The molecule has 0 saturated heterocycles. The van der Waals surface area contributed by atoms with Crippen molar-refractivity contribution < 1.29 is 18.7 Å². The highest BCUT2D eigenvalue weighted by Gasteiger charge is 2.26. The van der Waals surface area contributed by atoms with E-state index < -0.39 is 11.1 Å². The molecule has 0 spiro atoms. The zero-order valence-electron chi connectivity index (χ0n) is 13.6. The minimum absolute atomic E-state index is 0.0460. The molecular weight excluding hydrogens is 385 g/mol. The van der Waals surface area contributed by atoms with Gasteiger partial charge in [-0.05, 0) is 40.9 Å². The van der Waals surface area contributed by atoms with Crippen LogP contribution in [0.5, 0.6) is 0 Å².